The molecular weight excluding hydrogens is 278 g/mol. The van der Waals surface area contributed by atoms with Gasteiger partial charge in [-0.1, -0.05) is 0 Å². The molecule has 0 spiro atoms. The standard InChI is InChI=1S/C7H3N7O6/c15-12(16)3-1-4(13(17)18)6(5(2-3)14(19)20)7-8-10-11-9-7/h1-2,7H. The van der Waals surface area contributed by atoms with E-state index in [-0.39, 0.29) is 0 Å². The Kier molecular flexibility index (Phi) is 3.08. The summed E-state index contributed by atoms with van der Waals surface area (Å²) in [6.07, 6.45) is -1.36. The van der Waals surface area contributed by atoms with Crippen LogP contribution >= 0.6 is 0 Å². The normalized spacial score (nSPS) is 13.6. The van der Waals surface area contributed by atoms with Gasteiger partial charge in [-0.15, -0.1) is 10.2 Å². The Morgan fingerprint density at radius 2 is 1.30 bits per heavy atom. The summed E-state index contributed by atoms with van der Waals surface area (Å²) in [7, 11) is 0. The Morgan fingerprint density at radius 3 is 1.65 bits per heavy atom. The number of nitro groups is 3. The third kappa shape index (κ3) is 2.14. The van der Waals surface area contributed by atoms with E-state index in [1.165, 1.54) is 0 Å². The minimum absolute atomic E-state index is 0.504. The first-order valence-electron chi connectivity index (χ1n) is 4.83. The number of hydrogen-bond donors (Lipinski definition) is 0. The van der Waals surface area contributed by atoms with Crippen LogP contribution in [0.3, 0.4) is 0 Å². The minimum atomic E-state index is -1.36. The monoisotopic (exact) mass is 281 g/mol. The van der Waals surface area contributed by atoms with E-state index >= 15 is 0 Å². The summed E-state index contributed by atoms with van der Waals surface area (Å²) in [5, 5.41) is 45.5. The summed E-state index contributed by atoms with van der Waals surface area (Å²) >= 11 is 0. The van der Waals surface area contributed by atoms with Gasteiger partial charge in [0.15, 0.2) is 5.56 Å². The average Bonchev–Trinajstić information content (AvgIpc) is 2.90. The van der Waals surface area contributed by atoms with Crippen LogP contribution in [0.2, 0.25) is 0 Å². The van der Waals surface area contributed by atoms with Crippen LogP contribution in [0.25, 0.3) is 0 Å². The molecule has 102 valence electrons. The van der Waals surface area contributed by atoms with Crippen molar-refractivity contribution in [2.45, 2.75) is 6.17 Å². The molecule has 0 bridgehead atoms. The molecule has 1 aromatic rings. The molecule has 1 aromatic carbocycles. The maximum Gasteiger partial charge on any atom is 0.290 e. The molecule has 13 nitrogen and oxygen atoms in total. The predicted octanol–water partition coefficient (Wildman–Crippen LogP) is 2.24. The number of rotatable bonds is 4. The molecule has 0 radical (unpaired) electrons. The van der Waals surface area contributed by atoms with Gasteiger partial charge in [-0.3, -0.25) is 30.3 Å². The summed E-state index contributed by atoms with van der Waals surface area (Å²) in [4.78, 5) is 29.6. The molecule has 0 aromatic heterocycles. The van der Waals surface area contributed by atoms with Crippen molar-refractivity contribution < 1.29 is 14.8 Å². The molecule has 20 heavy (non-hydrogen) atoms. The Hall–Kier alpha value is -3.38. The molecular formula is C7H3N7O6. The molecule has 0 fully saturated rings. The molecule has 13 heteroatoms. The van der Waals surface area contributed by atoms with Gasteiger partial charge in [0.25, 0.3) is 17.1 Å². The van der Waals surface area contributed by atoms with E-state index in [2.05, 4.69) is 20.7 Å². The van der Waals surface area contributed by atoms with E-state index in [0.29, 0.717) is 12.1 Å². The molecule has 0 unspecified atom stereocenters. The molecule has 1 aliphatic rings. The number of nitro benzene ring substituents is 3. The van der Waals surface area contributed by atoms with Crippen molar-refractivity contribution in [3.63, 3.8) is 0 Å². The third-order valence-electron chi connectivity index (χ3n) is 2.35. The zero-order valence-corrected chi connectivity index (χ0v) is 9.31. The highest BCUT2D eigenvalue weighted by Gasteiger charge is 2.36. The lowest BCUT2D eigenvalue weighted by Crippen LogP contribution is -2.05. The van der Waals surface area contributed by atoms with Crippen molar-refractivity contribution in [1.82, 2.24) is 0 Å². The van der Waals surface area contributed by atoms with Crippen molar-refractivity contribution >= 4 is 17.1 Å². The van der Waals surface area contributed by atoms with Crippen molar-refractivity contribution in [2.24, 2.45) is 20.7 Å². The molecule has 0 aliphatic carbocycles. The van der Waals surface area contributed by atoms with Crippen LogP contribution < -0.4 is 0 Å². The second-order valence-electron chi connectivity index (χ2n) is 3.45. The summed E-state index contributed by atoms with van der Waals surface area (Å²) < 4.78 is 0. The first-order chi connectivity index (χ1) is 9.41. The lowest BCUT2D eigenvalue weighted by Gasteiger charge is -2.04. The fraction of sp³-hybridized carbons (Fsp3) is 0.143. The zero-order chi connectivity index (χ0) is 14.9. The van der Waals surface area contributed by atoms with E-state index in [9.17, 15) is 30.3 Å². The largest absolute Gasteiger partial charge is 0.290 e. The van der Waals surface area contributed by atoms with Crippen molar-refractivity contribution in [3.05, 3.63) is 48.0 Å². The Labute approximate surface area is 108 Å². The smallest absolute Gasteiger partial charge is 0.258 e. The van der Waals surface area contributed by atoms with Gasteiger partial charge >= 0.3 is 0 Å². The van der Waals surface area contributed by atoms with Gasteiger partial charge in [-0.25, -0.2) is 0 Å². The van der Waals surface area contributed by atoms with Gasteiger partial charge in [0, 0.05) is 0 Å². The van der Waals surface area contributed by atoms with Gasteiger partial charge in [0.1, 0.15) is 0 Å². The quantitative estimate of drug-likeness (QED) is 0.602. The highest BCUT2D eigenvalue weighted by atomic mass is 16.6. The van der Waals surface area contributed by atoms with E-state index in [4.69, 9.17) is 0 Å². The van der Waals surface area contributed by atoms with Gasteiger partial charge in [-0.05, 0) is 10.4 Å². The topological polar surface area (TPSA) is 179 Å². The molecule has 0 saturated heterocycles. The van der Waals surface area contributed by atoms with E-state index in [1.807, 2.05) is 0 Å². The number of nitrogens with zero attached hydrogens (tertiary/aromatic N) is 7. The van der Waals surface area contributed by atoms with Gasteiger partial charge in [0.2, 0.25) is 6.17 Å². The van der Waals surface area contributed by atoms with Crippen LogP contribution in [0, 0.1) is 30.3 Å². The van der Waals surface area contributed by atoms with Crippen molar-refractivity contribution in [2.75, 3.05) is 0 Å². The molecule has 0 amide bonds. The Morgan fingerprint density at radius 1 is 0.850 bits per heavy atom. The summed E-state index contributed by atoms with van der Waals surface area (Å²) in [6, 6.07) is 1.21. The molecule has 0 N–H and O–H groups in total. The Balaban J connectivity index is 2.77. The van der Waals surface area contributed by atoms with Crippen molar-refractivity contribution in [3.8, 4) is 0 Å². The van der Waals surface area contributed by atoms with Crippen LogP contribution in [-0.2, 0) is 0 Å². The second kappa shape index (κ2) is 4.71. The van der Waals surface area contributed by atoms with Gasteiger partial charge in [0.05, 0.1) is 26.9 Å². The van der Waals surface area contributed by atoms with Crippen LogP contribution in [-0.4, -0.2) is 14.8 Å². The fourth-order valence-electron chi connectivity index (χ4n) is 1.56. The average molecular weight is 281 g/mol. The summed E-state index contributed by atoms with van der Waals surface area (Å²) in [5.74, 6) is 0. The van der Waals surface area contributed by atoms with E-state index in [0.717, 1.165) is 0 Å². The molecule has 1 heterocycles. The molecule has 1 aliphatic heterocycles. The second-order valence-corrected chi connectivity index (χ2v) is 3.45. The highest BCUT2D eigenvalue weighted by molar-refractivity contribution is 5.62. The maximum absolute atomic E-state index is 10.9. The van der Waals surface area contributed by atoms with Gasteiger partial charge in [-0.2, -0.15) is 0 Å². The highest BCUT2D eigenvalue weighted by Crippen LogP contribution is 2.41. The first kappa shape index (κ1) is 13.1. The van der Waals surface area contributed by atoms with Crippen LogP contribution in [0.4, 0.5) is 17.1 Å². The zero-order valence-electron chi connectivity index (χ0n) is 9.31. The lowest BCUT2D eigenvalue weighted by atomic mass is 10.1. The fourth-order valence-corrected chi connectivity index (χ4v) is 1.56. The SMILES string of the molecule is O=[N+]([O-])c1cc([N+](=O)[O-])c(C2N=NN=N2)c([N+](=O)[O-])c1. The van der Waals surface area contributed by atoms with Gasteiger partial charge < -0.3 is 0 Å². The molecule has 2 rings (SSSR count). The Bertz CT molecular complexity index is 635. The van der Waals surface area contributed by atoms with Crippen LogP contribution in [0.1, 0.15) is 11.7 Å². The third-order valence-corrected chi connectivity index (χ3v) is 2.35. The number of non-ortho nitro benzene ring substituents is 1. The number of hydrogen-bond acceptors (Lipinski definition) is 10. The first-order valence-corrected chi connectivity index (χ1v) is 4.83. The van der Waals surface area contributed by atoms with Crippen LogP contribution in [0.5, 0.6) is 0 Å². The summed E-state index contributed by atoms with van der Waals surface area (Å²) in [5.41, 5.74) is -2.96. The van der Waals surface area contributed by atoms with Crippen molar-refractivity contribution in [1.29, 1.82) is 0 Å². The molecule has 0 atom stereocenters. The van der Waals surface area contributed by atoms with E-state index in [1.54, 1.807) is 0 Å². The minimum Gasteiger partial charge on any atom is -0.258 e. The molecule has 0 saturated carbocycles. The van der Waals surface area contributed by atoms with Crippen LogP contribution in [0.15, 0.2) is 32.8 Å². The summed E-state index contributed by atoms with van der Waals surface area (Å²) in [6.45, 7) is 0. The number of benzene rings is 1. The maximum atomic E-state index is 10.9. The predicted molar refractivity (Wildman–Crippen MR) is 58.9 cm³/mol. The van der Waals surface area contributed by atoms with E-state index < -0.39 is 43.6 Å². The lowest BCUT2D eigenvalue weighted by molar-refractivity contribution is -0.404.